The van der Waals surface area contributed by atoms with E-state index in [2.05, 4.69) is 21.2 Å². The number of hydrogen-bond acceptors (Lipinski definition) is 5. The average Bonchev–Trinajstić information content (AvgIpc) is 2.95. The van der Waals surface area contributed by atoms with Crippen molar-refractivity contribution >= 4 is 43.5 Å². The van der Waals surface area contributed by atoms with E-state index < -0.39 is 28.5 Å². The molecular weight excluding hydrogens is 594 g/mol. The summed E-state index contributed by atoms with van der Waals surface area (Å²) in [6.45, 7) is 6.95. The fourth-order valence-corrected chi connectivity index (χ4v) is 5.71. The van der Waals surface area contributed by atoms with Gasteiger partial charge < -0.3 is 15.0 Å². The van der Waals surface area contributed by atoms with E-state index in [9.17, 15) is 18.0 Å². The lowest BCUT2D eigenvalue weighted by atomic mass is 10.1. The van der Waals surface area contributed by atoms with Crippen LogP contribution in [-0.2, 0) is 26.2 Å². The van der Waals surface area contributed by atoms with Crippen molar-refractivity contribution < 1.29 is 22.7 Å². The minimum absolute atomic E-state index is 0.0406. The van der Waals surface area contributed by atoms with Crippen LogP contribution >= 0.6 is 15.9 Å². The van der Waals surface area contributed by atoms with E-state index in [1.165, 1.54) is 24.1 Å². The Labute approximate surface area is 245 Å². The summed E-state index contributed by atoms with van der Waals surface area (Å²) < 4.78 is 35.3. The Morgan fingerprint density at radius 3 is 2.20 bits per heavy atom. The zero-order valence-electron chi connectivity index (χ0n) is 23.4. The Morgan fingerprint density at radius 1 is 0.975 bits per heavy atom. The smallest absolute Gasteiger partial charge is 0.264 e. The summed E-state index contributed by atoms with van der Waals surface area (Å²) in [4.78, 5) is 28.6. The predicted octanol–water partition coefficient (Wildman–Crippen LogP) is 5.29. The van der Waals surface area contributed by atoms with Crippen molar-refractivity contribution in [1.29, 1.82) is 0 Å². The Morgan fingerprint density at radius 2 is 1.60 bits per heavy atom. The number of halogens is 1. The van der Waals surface area contributed by atoms with Crippen molar-refractivity contribution in [3.63, 3.8) is 0 Å². The van der Waals surface area contributed by atoms with Gasteiger partial charge in [-0.25, -0.2) is 8.42 Å². The molecule has 0 spiro atoms. The Bertz CT molecular complexity index is 1410. The summed E-state index contributed by atoms with van der Waals surface area (Å²) in [5, 5.41) is 2.93. The molecule has 2 amide bonds. The monoisotopic (exact) mass is 629 g/mol. The van der Waals surface area contributed by atoms with Crippen LogP contribution in [0.15, 0.2) is 82.2 Å². The molecule has 0 fully saturated rings. The number of benzene rings is 3. The molecule has 1 N–H and O–H groups in total. The van der Waals surface area contributed by atoms with Crippen LogP contribution in [0.25, 0.3) is 0 Å². The minimum atomic E-state index is -4.18. The van der Waals surface area contributed by atoms with E-state index in [-0.39, 0.29) is 29.1 Å². The van der Waals surface area contributed by atoms with Crippen molar-refractivity contribution in [3.8, 4) is 5.75 Å². The van der Waals surface area contributed by atoms with Gasteiger partial charge in [0, 0.05) is 17.1 Å². The van der Waals surface area contributed by atoms with Gasteiger partial charge in [0.05, 0.1) is 17.7 Å². The summed E-state index contributed by atoms with van der Waals surface area (Å²) in [6, 6.07) is 19.5. The minimum Gasteiger partial charge on any atom is -0.495 e. The number of para-hydroxylation sites is 2. The third-order valence-electron chi connectivity index (χ3n) is 6.68. The maximum atomic E-state index is 14.0. The molecule has 0 aliphatic rings. The summed E-state index contributed by atoms with van der Waals surface area (Å²) in [5.74, 6) is -0.547. The van der Waals surface area contributed by atoms with Crippen LogP contribution < -0.4 is 14.4 Å². The molecule has 0 aromatic heterocycles. The fourth-order valence-electron chi connectivity index (χ4n) is 4.02. The average molecular weight is 631 g/mol. The van der Waals surface area contributed by atoms with E-state index in [1.807, 2.05) is 45.0 Å². The van der Waals surface area contributed by atoms with Gasteiger partial charge in [-0.2, -0.15) is 0 Å². The van der Waals surface area contributed by atoms with Crippen LogP contribution in [0.1, 0.15) is 38.3 Å². The highest BCUT2D eigenvalue weighted by Crippen LogP contribution is 2.32. The standard InChI is InChI=1S/C30H36BrN3O5S/c1-6-22(3)32-30(36)23(4)33(19-24-13-15-25(31)16-14-24)29(35)20-34(27-9-7-8-10-28(27)39-5)40(37,38)26-17-11-21(2)12-18-26/h7-18,22-23H,6,19-20H2,1-5H3,(H,32,36)/t22-,23-/m0/s1. The molecule has 3 aromatic rings. The third kappa shape index (κ3) is 7.63. The maximum Gasteiger partial charge on any atom is 0.264 e. The SMILES string of the molecule is CC[C@H](C)NC(=O)[C@H](C)N(Cc1ccc(Br)cc1)C(=O)CN(c1ccccc1OC)S(=O)(=O)c1ccc(C)cc1. The second-order valence-electron chi connectivity index (χ2n) is 9.64. The molecule has 3 aromatic carbocycles. The quantitative estimate of drug-likeness (QED) is 0.294. The van der Waals surface area contributed by atoms with Crippen molar-refractivity contribution in [2.45, 2.75) is 57.6 Å². The van der Waals surface area contributed by atoms with E-state index in [4.69, 9.17) is 4.74 Å². The highest BCUT2D eigenvalue weighted by Gasteiger charge is 2.34. The van der Waals surface area contributed by atoms with Gasteiger partial charge in [0.25, 0.3) is 10.0 Å². The van der Waals surface area contributed by atoms with Crippen LogP contribution in [0.4, 0.5) is 5.69 Å². The van der Waals surface area contributed by atoms with E-state index in [1.54, 1.807) is 43.3 Å². The number of carbonyl (C=O) groups is 2. The molecule has 0 saturated carbocycles. The highest BCUT2D eigenvalue weighted by atomic mass is 79.9. The van der Waals surface area contributed by atoms with Crippen LogP contribution in [0.2, 0.25) is 0 Å². The van der Waals surface area contributed by atoms with Crippen molar-refractivity contribution in [1.82, 2.24) is 10.2 Å². The molecule has 0 aliphatic heterocycles. The lowest BCUT2D eigenvalue weighted by Gasteiger charge is -2.32. The summed E-state index contributed by atoms with van der Waals surface area (Å²) in [6.07, 6.45) is 0.732. The first kappa shape index (κ1) is 31.2. The molecule has 2 atom stereocenters. The number of nitrogens with zero attached hydrogens (tertiary/aromatic N) is 2. The molecule has 40 heavy (non-hydrogen) atoms. The van der Waals surface area contributed by atoms with E-state index in [0.29, 0.717) is 5.75 Å². The molecule has 10 heteroatoms. The van der Waals surface area contributed by atoms with Gasteiger partial charge >= 0.3 is 0 Å². The van der Waals surface area contributed by atoms with Gasteiger partial charge in [0.2, 0.25) is 11.8 Å². The summed E-state index contributed by atoms with van der Waals surface area (Å²) in [7, 11) is -2.74. The number of carbonyl (C=O) groups excluding carboxylic acids is 2. The van der Waals surface area contributed by atoms with Gasteiger partial charge in [-0.1, -0.05) is 64.8 Å². The highest BCUT2D eigenvalue weighted by molar-refractivity contribution is 9.10. The number of nitrogens with one attached hydrogen (secondary N) is 1. The van der Waals surface area contributed by atoms with Crippen LogP contribution in [0, 0.1) is 6.92 Å². The molecule has 3 rings (SSSR count). The zero-order chi connectivity index (χ0) is 29.4. The molecule has 0 aliphatic carbocycles. The number of hydrogen-bond donors (Lipinski definition) is 1. The van der Waals surface area contributed by atoms with Crippen molar-refractivity contribution in [3.05, 3.63) is 88.4 Å². The molecule has 0 unspecified atom stereocenters. The van der Waals surface area contributed by atoms with Gasteiger partial charge in [-0.05, 0) is 69.2 Å². The van der Waals surface area contributed by atoms with Crippen LogP contribution in [0.3, 0.4) is 0 Å². The third-order valence-corrected chi connectivity index (χ3v) is 8.98. The van der Waals surface area contributed by atoms with Crippen LogP contribution in [-0.4, -0.2) is 50.9 Å². The largest absolute Gasteiger partial charge is 0.495 e. The van der Waals surface area contributed by atoms with Crippen molar-refractivity contribution in [2.24, 2.45) is 0 Å². The second kappa shape index (κ2) is 13.8. The van der Waals surface area contributed by atoms with E-state index >= 15 is 0 Å². The molecular formula is C30H36BrN3O5S. The number of aryl methyl sites for hydroxylation is 1. The number of rotatable bonds is 12. The Kier molecular flexibility index (Phi) is 10.8. The maximum absolute atomic E-state index is 14.0. The second-order valence-corrected chi connectivity index (χ2v) is 12.4. The lowest BCUT2D eigenvalue weighted by Crippen LogP contribution is -2.52. The fraction of sp³-hybridized carbons (Fsp3) is 0.333. The first-order chi connectivity index (χ1) is 19.0. The summed E-state index contributed by atoms with van der Waals surface area (Å²) in [5.41, 5.74) is 1.92. The van der Waals surface area contributed by atoms with Crippen molar-refractivity contribution in [2.75, 3.05) is 18.0 Å². The molecule has 8 nitrogen and oxygen atoms in total. The van der Waals surface area contributed by atoms with Gasteiger partial charge in [0.1, 0.15) is 18.3 Å². The number of methoxy groups -OCH3 is 1. The van der Waals surface area contributed by atoms with Crippen LogP contribution in [0.5, 0.6) is 5.75 Å². The predicted molar refractivity (Wildman–Crippen MR) is 161 cm³/mol. The topological polar surface area (TPSA) is 96.0 Å². The molecule has 0 heterocycles. The zero-order valence-corrected chi connectivity index (χ0v) is 25.8. The number of ether oxygens (including phenoxy) is 1. The van der Waals surface area contributed by atoms with Gasteiger partial charge in [0.15, 0.2) is 0 Å². The molecule has 214 valence electrons. The Hall–Kier alpha value is -3.37. The van der Waals surface area contributed by atoms with Gasteiger partial charge in [-0.15, -0.1) is 0 Å². The molecule has 0 bridgehead atoms. The lowest BCUT2D eigenvalue weighted by molar-refractivity contribution is -0.139. The number of sulfonamides is 1. The molecule has 0 radical (unpaired) electrons. The normalized spacial score (nSPS) is 12.8. The molecule has 0 saturated heterocycles. The van der Waals surface area contributed by atoms with Gasteiger partial charge in [-0.3, -0.25) is 13.9 Å². The summed E-state index contributed by atoms with van der Waals surface area (Å²) >= 11 is 3.42. The number of amides is 2. The van der Waals surface area contributed by atoms with E-state index in [0.717, 1.165) is 26.3 Å². The first-order valence-electron chi connectivity index (χ1n) is 13.0. The Balaban J connectivity index is 2.06. The number of anilines is 1. The first-order valence-corrected chi connectivity index (χ1v) is 15.3.